The van der Waals surface area contributed by atoms with Gasteiger partial charge < -0.3 is 20.1 Å². The molecule has 2 aromatic carbocycles. The van der Waals surface area contributed by atoms with Gasteiger partial charge in [-0.1, -0.05) is 26.8 Å². The number of hydrogen-bond donors (Lipinski definition) is 2. The summed E-state index contributed by atoms with van der Waals surface area (Å²) in [5, 5.41) is 6.58. The molecule has 5 rings (SSSR count). The Morgan fingerprint density at radius 3 is 2.53 bits per heavy atom. The lowest BCUT2D eigenvalue weighted by atomic mass is 9.85. The van der Waals surface area contributed by atoms with Crippen molar-refractivity contribution in [2.24, 2.45) is 5.41 Å². The van der Waals surface area contributed by atoms with E-state index in [0.29, 0.717) is 24.4 Å². The average molecular weight is 414 g/mol. The molecule has 1 amide bonds. The second-order valence-corrected chi connectivity index (χ2v) is 9.50. The second-order valence-electron chi connectivity index (χ2n) is 9.50. The van der Waals surface area contributed by atoms with E-state index in [-0.39, 0.29) is 22.8 Å². The Balaban J connectivity index is 1.34. The van der Waals surface area contributed by atoms with E-state index in [2.05, 4.69) is 40.9 Å². The van der Waals surface area contributed by atoms with Crippen LogP contribution in [0.2, 0.25) is 0 Å². The van der Waals surface area contributed by atoms with Crippen LogP contribution in [0.4, 0.5) is 20.2 Å². The largest absolute Gasteiger partial charge is 0.586 e. The Bertz CT molecular complexity index is 1040. The lowest BCUT2D eigenvalue weighted by Crippen LogP contribution is -2.31. The molecule has 158 valence electrons. The minimum absolute atomic E-state index is 0.0144. The highest BCUT2D eigenvalue weighted by atomic mass is 19.3. The van der Waals surface area contributed by atoms with Crippen molar-refractivity contribution in [1.29, 1.82) is 0 Å². The molecule has 1 fully saturated rings. The van der Waals surface area contributed by atoms with Crippen LogP contribution in [-0.2, 0) is 16.6 Å². The summed E-state index contributed by atoms with van der Waals surface area (Å²) >= 11 is 0. The van der Waals surface area contributed by atoms with Crippen molar-refractivity contribution >= 4 is 17.3 Å². The van der Waals surface area contributed by atoms with Crippen LogP contribution in [0.1, 0.15) is 44.7 Å². The molecular formula is C23H24F2N2O3. The summed E-state index contributed by atoms with van der Waals surface area (Å²) < 4.78 is 35.6. The van der Waals surface area contributed by atoms with E-state index in [9.17, 15) is 13.6 Å². The Hall–Kier alpha value is -2.83. The zero-order valence-electron chi connectivity index (χ0n) is 17.1. The monoisotopic (exact) mass is 414 g/mol. The first-order valence-corrected chi connectivity index (χ1v) is 10.2. The predicted molar refractivity (Wildman–Crippen MR) is 109 cm³/mol. The fraction of sp³-hybridized carbons (Fsp3) is 0.435. The van der Waals surface area contributed by atoms with Crippen LogP contribution in [0.25, 0.3) is 0 Å². The van der Waals surface area contributed by atoms with E-state index < -0.39 is 11.7 Å². The SMILES string of the molecule is CC(C)(C)C1Cc2cc(NC(=O)C3(c4ccc5c(c4)OC(F)(F)O5)CC3)ccc2N1. The predicted octanol–water partition coefficient (Wildman–Crippen LogP) is 5.06. The molecule has 1 atom stereocenters. The van der Waals surface area contributed by atoms with E-state index in [1.54, 1.807) is 6.07 Å². The Kier molecular flexibility index (Phi) is 3.89. The summed E-state index contributed by atoms with van der Waals surface area (Å²) in [6.45, 7) is 6.62. The number of carbonyl (C=O) groups excluding carboxylic acids is 1. The minimum Gasteiger partial charge on any atom is -0.395 e. The zero-order chi connectivity index (χ0) is 21.3. The summed E-state index contributed by atoms with van der Waals surface area (Å²) in [6, 6.07) is 10.8. The van der Waals surface area contributed by atoms with Gasteiger partial charge >= 0.3 is 6.29 Å². The molecule has 1 unspecified atom stereocenters. The number of nitrogens with one attached hydrogen (secondary N) is 2. The molecule has 2 aromatic rings. The Morgan fingerprint density at radius 1 is 1.10 bits per heavy atom. The van der Waals surface area contributed by atoms with E-state index in [1.165, 1.54) is 17.7 Å². The van der Waals surface area contributed by atoms with Crippen molar-refractivity contribution in [3.8, 4) is 11.5 Å². The van der Waals surface area contributed by atoms with Gasteiger partial charge in [-0.25, -0.2) is 0 Å². The van der Waals surface area contributed by atoms with E-state index in [1.807, 2.05) is 18.2 Å². The van der Waals surface area contributed by atoms with Crippen LogP contribution in [-0.4, -0.2) is 18.2 Å². The first-order valence-electron chi connectivity index (χ1n) is 10.2. The topological polar surface area (TPSA) is 59.6 Å². The number of hydrogen-bond acceptors (Lipinski definition) is 4. The smallest absolute Gasteiger partial charge is 0.395 e. The van der Waals surface area contributed by atoms with Gasteiger partial charge in [-0.15, -0.1) is 8.78 Å². The molecule has 1 saturated carbocycles. The highest BCUT2D eigenvalue weighted by Gasteiger charge is 2.52. The van der Waals surface area contributed by atoms with Gasteiger partial charge in [-0.05, 0) is 66.1 Å². The number of benzene rings is 2. The van der Waals surface area contributed by atoms with Gasteiger partial charge in [0.05, 0.1) is 5.41 Å². The molecule has 1 aliphatic carbocycles. The van der Waals surface area contributed by atoms with Gasteiger partial charge in [0.1, 0.15) is 0 Å². The van der Waals surface area contributed by atoms with Crippen LogP contribution in [0.5, 0.6) is 11.5 Å². The van der Waals surface area contributed by atoms with Gasteiger partial charge in [-0.3, -0.25) is 4.79 Å². The molecule has 2 heterocycles. The Labute approximate surface area is 173 Å². The quantitative estimate of drug-likeness (QED) is 0.737. The summed E-state index contributed by atoms with van der Waals surface area (Å²) in [6.07, 6.45) is -1.44. The van der Waals surface area contributed by atoms with Crippen LogP contribution in [0.3, 0.4) is 0 Å². The van der Waals surface area contributed by atoms with Crippen molar-refractivity contribution < 1.29 is 23.0 Å². The average Bonchev–Trinajstić information content (AvgIpc) is 3.24. The number of alkyl halides is 2. The number of fused-ring (bicyclic) bond motifs is 2. The molecule has 30 heavy (non-hydrogen) atoms. The standard InChI is InChI=1S/C23H24F2N2O3/c1-21(2,3)19-11-13-10-15(5-6-16(13)27-19)26-20(28)22(8-9-22)14-4-7-17-18(12-14)30-23(24,25)29-17/h4-7,10,12,19,27H,8-9,11H2,1-3H3,(H,26,28). The van der Waals surface area contributed by atoms with E-state index in [4.69, 9.17) is 0 Å². The highest BCUT2D eigenvalue weighted by Crippen LogP contribution is 2.52. The van der Waals surface area contributed by atoms with E-state index in [0.717, 1.165) is 17.8 Å². The van der Waals surface area contributed by atoms with Crippen molar-refractivity contribution in [2.75, 3.05) is 10.6 Å². The third kappa shape index (κ3) is 3.16. The van der Waals surface area contributed by atoms with Crippen LogP contribution >= 0.6 is 0 Å². The molecule has 3 aliphatic rings. The summed E-state index contributed by atoms with van der Waals surface area (Å²) in [5.41, 5.74) is 3.11. The molecule has 5 nitrogen and oxygen atoms in total. The maximum atomic E-state index is 13.3. The van der Waals surface area contributed by atoms with Crippen molar-refractivity contribution in [3.05, 3.63) is 47.5 Å². The third-order valence-corrected chi connectivity index (χ3v) is 6.30. The normalized spacial score (nSPS) is 22.2. The van der Waals surface area contributed by atoms with Gasteiger partial charge in [0.15, 0.2) is 11.5 Å². The molecular weight excluding hydrogens is 390 g/mol. The summed E-state index contributed by atoms with van der Waals surface area (Å²) in [5.74, 6) is -0.181. The number of ether oxygens (including phenoxy) is 2. The second kappa shape index (κ2) is 6.09. The molecule has 0 spiro atoms. The van der Waals surface area contributed by atoms with Crippen molar-refractivity contribution in [2.45, 2.75) is 57.8 Å². The summed E-state index contributed by atoms with van der Waals surface area (Å²) in [4.78, 5) is 13.1. The number of anilines is 2. The number of carbonyl (C=O) groups is 1. The number of rotatable bonds is 3. The molecule has 2 N–H and O–H groups in total. The lowest BCUT2D eigenvalue weighted by Gasteiger charge is -2.27. The maximum Gasteiger partial charge on any atom is 0.586 e. The van der Waals surface area contributed by atoms with Gasteiger partial charge in [0.25, 0.3) is 0 Å². The lowest BCUT2D eigenvalue weighted by molar-refractivity contribution is -0.286. The fourth-order valence-electron chi connectivity index (χ4n) is 4.23. The first-order chi connectivity index (χ1) is 14.1. The van der Waals surface area contributed by atoms with Crippen molar-refractivity contribution in [1.82, 2.24) is 0 Å². The maximum absolute atomic E-state index is 13.3. The fourth-order valence-corrected chi connectivity index (χ4v) is 4.23. The van der Waals surface area contributed by atoms with Crippen LogP contribution in [0, 0.1) is 5.41 Å². The van der Waals surface area contributed by atoms with E-state index >= 15 is 0 Å². The van der Waals surface area contributed by atoms with Gasteiger partial charge in [0, 0.05) is 17.4 Å². The summed E-state index contributed by atoms with van der Waals surface area (Å²) in [7, 11) is 0. The number of amides is 1. The minimum atomic E-state index is -3.66. The Morgan fingerprint density at radius 2 is 1.83 bits per heavy atom. The number of halogens is 2. The van der Waals surface area contributed by atoms with Gasteiger partial charge in [-0.2, -0.15) is 0 Å². The molecule has 2 aliphatic heterocycles. The molecule has 0 radical (unpaired) electrons. The zero-order valence-corrected chi connectivity index (χ0v) is 17.1. The van der Waals surface area contributed by atoms with Crippen LogP contribution in [0.15, 0.2) is 36.4 Å². The molecule has 0 bridgehead atoms. The first kappa shape index (κ1) is 19.2. The molecule has 7 heteroatoms. The molecule has 0 aromatic heterocycles. The van der Waals surface area contributed by atoms with Gasteiger partial charge in [0.2, 0.25) is 5.91 Å². The third-order valence-electron chi connectivity index (χ3n) is 6.30. The molecule has 0 saturated heterocycles. The van der Waals surface area contributed by atoms with Crippen molar-refractivity contribution in [3.63, 3.8) is 0 Å². The highest BCUT2D eigenvalue weighted by molar-refractivity contribution is 6.01. The van der Waals surface area contributed by atoms with Crippen LogP contribution < -0.4 is 20.1 Å².